The fourth-order valence-corrected chi connectivity index (χ4v) is 1.91. The summed E-state index contributed by atoms with van der Waals surface area (Å²) in [5.74, 6) is 0. The van der Waals surface area contributed by atoms with Gasteiger partial charge in [0.25, 0.3) is 0 Å². The molecule has 0 saturated heterocycles. The van der Waals surface area contributed by atoms with Gasteiger partial charge < -0.3 is 16.4 Å². The summed E-state index contributed by atoms with van der Waals surface area (Å²) in [5.41, 5.74) is 18.7. The van der Waals surface area contributed by atoms with Crippen LogP contribution >= 0.6 is 0 Å². The van der Waals surface area contributed by atoms with Crippen LogP contribution in [-0.4, -0.2) is 26.7 Å². The summed E-state index contributed by atoms with van der Waals surface area (Å²) in [7, 11) is 1.58. The van der Waals surface area contributed by atoms with E-state index in [0.29, 0.717) is 12.2 Å². The van der Waals surface area contributed by atoms with Crippen molar-refractivity contribution in [3.05, 3.63) is 30.5 Å². The number of rotatable bonds is 12. The summed E-state index contributed by atoms with van der Waals surface area (Å²) in [6.45, 7) is 5.95. The molecule has 0 aliphatic heterocycles. The Hall–Kier alpha value is -2.12. The molecule has 22 heavy (non-hydrogen) atoms. The van der Waals surface area contributed by atoms with Crippen LogP contribution < -0.4 is 21.8 Å². The topological polar surface area (TPSA) is 108 Å². The first kappa shape index (κ1) is 17.9. The Morgan fingerprint density at radius 3 is 2.73 bits per heavy atom. The summed E-state index contributed by atoms with van der Waals surface area (Å²) in [4.78, 5) is 5.01. The highest BCUT2D eigenvalue weighted by atomic mass is 16.6. The predicted molar refractivity (Wildman–Crippen MR) is 91.2 cm³/mol. The number of nitrogens with zero attached hydrogens (tertiary/aromatic N) is 1. The van der Waals surface area contributed by atoms with Crippen LogP contribution in [-0.2, 0) is 4.84 Å². The molecule has 1 aromatic rings. The van der Waals surface area contributed by atoms with Gasteiger partial charge in [-0.3, -0.25) is 10.3 Å². The number of benzene rings is 1. The van der Waals surface area contributed by atoms with Crippen LogP contribution in [0, 0.1) is 5.53 Å². The van der Waals surface area contributed by atoms with Crippen molar-refractivity contribution >= 4 is 17.1 Å². The summed E-state index contributed by atoms with van der Waals surface area (Å²) in [6.07, 6.45) is 2.51. The zero-order valence-electron chi connectivity index (χ0n) is 13.1. The fraction of sp³-hybridized carbons (Fsp3) is 0.467. The van der Waals surface area contributed by atoms with Gasteiger partial charge in [-0.25, -0.2) is 5.53 Å². The highest BCUT2D eigenvalue weighted by Crippen LogP contribution is 2.26. The van der Waals surface area contributed by atoms with Crippen LogP contribution in [0.25, 0.3) is 0 Å². The Morgan fingerprint density at radius 2 is 2.05 bits per heavy atom. The number of hydrogen-bond acceptors (Lipinski definition) is 7. The maximum Gasteiger partial charge on any atom is 0.0856 e. The van der Waals surface area contributed by atoms with Crippen LogP contribution in [0.3, 0.4) is 0 Å². The van der Waals surface area contributed by atoms with Crippen LogP contribution in [0.15, 0.2) is 35.6 Å². The molecule has 0 saturated carbocycles. The first-order valence-electron chi connectivity index (χ1n) is 7.37. The summed E-state index contributed by atoms with van der Waals surface area (Å²) in [5, 5.41) is 9.95. The van der Waals surface area contributed by atoms with Crippen molar-refractivity contribution in [2.45, 2.75) is 19.3 Å². The van der Waals surface area contributed by atoms with E-state index in [2.05, 4.69) is 27.8 Å². The molecule has 7 heteroatoms. The minimum absolute atomic E-state index is 0.600. The fourth-order valence-electron chi connectivity index (χ4n) is 1.91. The van der Waals surface area contributed by atoms with Crippen LogP contribution in [0.2, 0.25) is 0 Å². The predicted octanol–water partition coefficient (Wildman–Crippen LogP) is 3.16. The molecular formula is C15H26N6O. The molecule has 122 valence electrons. The molecule has 0 aliphatic rings. The Labute approximate surface area is 131 Å². The van der Waals surface area contributed by atoms with Gasteiger partial charge in [0, 0.05) is 18.8 Å². The molecule has 0 aliphatic carbocycles. The Kier molecular flexibility index (Phi) is 8.63. The second kappa shape index (κ2) is 10.6. The van der Waals surface area contributed by atoms with Crippen LogP contribution in [0.5, 0.6) is 0 Å². The molecule has 0 atom stereocenters. The van der Waals surface area contributed by atoms with Gasteiger partial charge in [0.05, 0.1) is 24.2 Å². The SMILES string of the molecule is C=C(CCCNc1ccc(NCCCN)c(NOC)c1)N=N. The van der Waals surface area contributed by atoms with Crippen molar-refractivity contribution in [1.82, 2.24) is 0 Å². The molecule has 7 nitrogen and oxygen atoms in total. The summed E-state index contributed by atoms with van der Waals surface area (Å²) >= 11 is 0. The molecule has 6 N–H and O–H groups in total. The van der Waals surface area contributed by atoms with E-state index in [-0.39, 0.29) is 0 Å². The van der Waals surface area contributed by atoms with Gasteiger partial charge in [0.15, 0.2) is 0 Å². The molecule has 0 spiro atoms. The monoisotopic (exact) mass is 306 g/mol. The average Bonchev–Trinajstić information content (AvgIpc) is 2.53. The third-order valence-electron chi connectivity index (χ3n) is 3.06. The van der Waals surface area contributed by atoms with Crippen molar-refractivity contribution in [2.24, 2.45) is 10.8 Å². The van der Waals surface area contributed by atoms with Crippen LogP contribution in [0.4, 0.5) is 17.1 Å². The summed E-state index contributed by atoms with van der Waals surface area (Å²) < 4.78 is 0. The van der Waals surface area contributed by atoms with E-state index in [1.807, 2.05) is 18.2 Å². The van der Waals surface area contributed by atoms with E-state index in [1.54, 1.807) is 7.11 Å². The molecule has 0 unspecified atom stereocenters. The molecule has 0 heterocycles. The zero-order chi connectivity index (χ0) is 16.2. The van der Waals surface area contributed by atoms with Crippen molar-refractivity contribution in [2.75, 3.05) is 42.9 Å². The number of nitrogens with two attached hydrogens (primary N) is 1. The lowest BCUT2D eigenvalue weighted by molar-refractivity contribution is 0.271. The van der Waals surface area contributed by atoms with Crippen molar-refractivity contribution < 1.29 is 4.84 Å². The quantitative estimate of drug-likeness (QED) is 0.232. The molecular weight excluding hydrogens is 280 g/mol. The molecule has 1 aromatic carbocycles. The second-order valence-electron chi connectivity index (χ2n) is 4.84. The zero-order valence-corrected chi connectivity index (χ0v) is 13.1. The highest BCUT2D eigenvalue weighted by molar-refractivity contribution is 5.73. The lowest BCUT2D eigenvalue weighted by Crippen LogP contribution is -2.10. The lowest BCUT2D eigenvalue weighted by atomic mass is 10.2. The number of anilines is 3. The molecule has 0 aromatic heterocycles. The van der Waals surface area contributed by atoms with Gasteiger partial charge >= 0.3 is 0 Å². The Bertz CT molecular complexity index is 477. The number of hydrogen-bond donors (Lipinski definition) is 5. The molecule has 1 rings (SSSR count). The van der Waals surface area contributed by atoms with Gasteiger partial charge in [0.2, 0.25) is 0 Å². The van der Waals surface area contributed by atoms with Gasteiger partial charge in [-0.1, -0.05) is 6.58 Å². The van der Waals surface area contributed by atoms with Gasteiger partial charge in [-0.2, -0.15) is 5.11 Å². The lowest BCUT2D eigenvalue weighted by Gasteiger charge is -2.15. The Morgan fingerprint density at radius 1 is 1.27 bits per heavy atom. The van der Waals surface area contributed by atoms with E-state index in [1.165, 1.54) is 0 Å². The van der Waals surface area contributed by atoms with Gasteiger partial charge in [-0.15, -0.1) is 0 Å². The first-order valence-corrected chi connectivity index (χ1v) is 7.37. The summed E-state index contributed by atoms with van der Waals surface area (Å²) in [6, 6.07) is 5.99. The molecule has 0 amide bonds. The maximum absolute atomic E-state index is 6.84. The smallest absolute Gasteiger partial charge is 0.0856 e. The van der Waals surface area contributed by atoms with Crippen molar-refractivity contribution in [3.8, 4) is 0 Å². The normalized spacial score (nSPS) is 10.1. The van der Waals surface area contributed by atoms with E-state index < -0.39 is 0 Å². The molecule has 0 radical (unpaired) electrons. The van der Waals surface area contributed by atoms with E-state index in [4.69, 9.17) is 16.1 Å². The third-order valence-corrected chi connectivity index (χ3v) is 3.06. The standard InChI is InChI=1S/C15H26N6O/c1-12(20-17)5-3-9-18-13-6-7-14(19-10-4-8-16)15(11-13)21-22-2/h6-7,11,17-19,21H,1,3-5,8-10,16H2,2H3. The highest BCUT2D eigenvalue weighted by Gasteiger charge is 2.03. The Balaban J connectivity index is 2.55. The van der Waals surface area contributed by atoms with Gasteiger partial charge in [-0.05, 0) is 44.0 Å². The van der Waals surface area contributed by atoms with E-state index in [0.717, 1.165) is 49.4 Å². The van der Waals surface area contributed by atoms with Crippen molar-refractivity contribution in [1.29, 1.82) is 5.53 Å². The first-order chi connectivity index (χ1) is 10.7. The number of nitrogens with one attached hydrogen (secondary N) is 4. The molecule has 0 fully saturated rings. The van der Waals surface area contributed by atoms with Crippen molar-refractivity contribution in [3.63, 3.8) is 0 Å². The van der Waals surface area contributed by atoms with E-state index in [9.17, 15) is 0 Å². The largest absolute Gasteiger partial charge is 0.385 e. The second-order valence-corrected chi connectivity index (χ2v) is 4.84. The average molecular weight is 306 g/mol. The third kappa shape index (κ3) is 6.55. The van der Waals surface area contributed by atoms with E-state index >= 15 is 0 Å². The minimum Gasteiger partial charge on any atom is -0.385 e. The molecule has 0 bridgehead atoms. The minimum atomic E-state index is 0.600. The maximum atomic E-state index is 6.84. The number of allylic oxidation sites excluding steroid dienone is 1. The van der Waals surface area contributed by atoms with Crippen LogP contribution in [0.1, 0.15) is 19.3 Å². The van der Waals surface area contributed by atoms with Gasteiger partial charge in [0.1, 0.15) is 0 Å².